The number of nitrogens with one attached hydrogen (secondary N) is 1. The molecule has 0 unspecified atom stereocenters. The van der Waals surface area contributed by atoms with Crippen molar-refractivity contribution in [3.8, 4) is 0 Å². The van der Waals surface area contributed by atoms with Crippen molar-refractivity contribution < 1.29 is 9.69 Å². The monoisotopic (exact) mass is 412 g/mol. The fourth-order valence-corrected chi connectivity index (χ4v) is 4.86. The van der Waals surface area contributed by atoms with E-state index < -0.39 is 0 Å². The Morgan fingerprint density at radius 1 is 0.968 bits per heavy atom. The van der Waals surface area contributed by atoms with Crippen LogP contribution in [0.5, 0.6) is 0 Å². The second-order valence-electron chi connectivity index (χ2n) is 9.09. The van der Waals surface area contributed by atoms with Crippen LogP contribution in [0, 0.1) is 5.92 Å². The summed E-state index contributed by atoms with van der Waals surface area (Å²) in [6, 6.07) is 25.2. The lowest BCUT2D eigenvalue weighted by Gasteiger charge is -2.29. The third kappa shape index (κ3) is 4.26. The predicted molar refractivity (Wildman–Crippen MR) is 125 cm³/mol. The molecule has 1 amide bonds. The minimum absolute atomic E-state index is 0.0294. The number of amides is 1. The number of fused-ring (bicyclic) bond motifs is 1. The average Bonchev–Trinajstić information content (AvgIpc) is 3.27. The Labute approximate surface area is 184 Å². The Morgan fingerprint density at radius 3 is 2.45 bits per heavy atom. The highest BCUT2D eigenvalue weighted by molar-refractivity contribution is 6.05. The highest BCUT2D eigenvalue weighted by atomic mass is 16.2. The summed E-state index contributed by atoms with van der Waals surface area (Å²) < 4.78 is 0. The molecule has 5 rings (SSSR count). The smallest absolute Gasteiger partial charge is 0.298 e. The summed E-state index contributed by atoms with van der Waals surface area (Å²) in [7, 11) is 0. The first-order valence-corrected chi connectivity index (χ1v) is 11.4. The van der Waals surface area contributed by atoms with E-state index in [4.69, 9.17) is 5.10 Å². The largest absolute Gasteiger partial charge is 0.327 e. The highest BCUT2D eigenvalue weighted by Crippen LogP contribution is 2.33. The first-order chi connectivity index (χ1) is 15.2. The fraction of sp³-hybridized carbons (Fsp3) is 0.333. The van der Waals surface area contributed by atoms with E-state index in [2.05, 4.69) is 61.5 Å². The molecular formula is C27H30N3O+. The van der Waals surface area contributed by atoms with Gasteiger partial charge in [-0.25, -0.2) is 5.01 Å². The van der Waals surface area contributed by atoms with Crippen molar-refractivity contribution in [3.05, 3.63) is 83.9 Å². The zero-order valence-corrected chi connectivity index (χ0v) is 18.1. The number of hydrazone groups is 1. The molecule has 1 saturated heterocycles. The van der Waals surface area contributed by atoms with Crippen molar-refractivity contribution in [1.82, 2.24) is 5.01 Å². The van der Waals surface area contributed by atoms with Gasteiger partial charge < -0.3 is 4.90 Å². The number of carbonyl (C=O) groups is 1. The van der Waals surface area contributed by atoms with Gasteiger partial charge in [-0.15, -0.1) is 0 Å². The SMILES string of the molecule is CC1CC[NH+](CC(=O)N2N=C(c3ccc4ccccc4c3)C[C@@H]2c2ccccc2)CC1. The Bertz CT molecular complexity index is 1100. The van der Waals surface area contributed by atoms with Crippen LogP contribution >= 0.6 is 0 Å². The van der Waals surface area contributed by atoms with E-state index in [1.54, 1.807) is 5.01 Å². The van der Waals surface area contributed by atoms with E-state index in [0.717, 1.165) is 42.3 Å². The molecule has 4 nitrogen and oxygen atoms in total. The fourth-order valence-electron chi connectivity index (χ4n) is 4.86. The molecule has 1 fully saturated rings. The Balaban J connectivity index is 1.43. The van der Waals surface area contributed by atoms with Gasteiger partial charge in [0.1, 0.15) is 0 Å². The van der Waals surface area contributed by atoms with Crippen molar-refractivity contribution in [3.63, 3.8) is 0 Å². The van der Waals surface area contributed by atoms with Gasteiger partial charge in [-0.05, 0) is 46.7 Å². The van der Waals surface area contributed by atoms with Crippen LogP contribution in [-0.2, 0) is 4.79 Å². The maximum atomic E-state index is 13.4. The quantitative estimate of drug-likeness (QED) is 0.695. The van der Waals surface area contributed by atoms with Crippen molar-refractivity contribution in [2.24, 2.45) is 11.0 Å². The Kier molecular flexibility index (Phi) is 5.56. The molecule has 2 aliphatic rings. The van der Waals surface area contributed by atoms with Crippen molar-refractivity contribution >= 4 is 22.4 Å². The first-order valence-electron chi connectivity index (χ1n) is 11.4. The van der Waals surface area contributed by atoms with Crippen molar-refractivity contribution in [2.45, 2.75) is 32.2 Å². The van der Waals surface area contributed by atoms with Crippen LogP contribution in [-0.4, -0.2) is 36.3 Å². The summed E-state index contributed by atoms with van der Waals surface area (Å²) >= 11 is 0. The molecule has 158 valence electrons. The summed E-state index contributed by atoms with van der Waals surface area (Å²) in [4.78, 5) is 14.8. The second-order valence-corrected chi connectivity index (χ2v) is 9.09. The van der Waals surface area contributed by atoms with Gasteiger partial charge in [0, 0.05) is 6.42 Å². The van der Waals surface area contributed by atoms with Crippen LogP contribution in [0.25, 0.3) is 10.8 Å². The number of nitrogens with zero attached hydrogens (tertiary/aromatic N) is 2. The van der Waals surface area contributed by atoms with E-state index in [0.29, 0.717) is 6.54 Å². The van der Waals surface area contributed by atoms with E-state index in [1.165, 1.54) is 28.5 Å². The molecule has 1 atom stereocenters. The lowest BCUT2D eigenvalue weighted by molar-refractivity contribution is -0.898. The van der Waals surface area contributed by atoms with Gasteiger partial charge in [0.25, 0.3) is 5.91 Å². The summed E-state index contributed by atoms with van der Waals surface area (Å²) in [5, 5.41) is 9.09. The maximum Gasteiger partial charge on any atom is 0.298 e. The molecule has 0 bridgehead atoms. The van der Waals surface area contributed by atoms with Gasteiger partial charge in [0.05, 0.1) is 24.8 Å². The van der Waals surface area contributed by atoms with Crippen molar-refractivity contribution in [2.75, 3.05) is 19.6 Å². The third-order valence-corrected chi connectivity index (χ3v) is 6.82. The molecule has 0 aliphatic carbocycles. The first kappa shape index (κ1) is 20.0. The van der Waals surface area contributed by atoms with Crippen molar-refractivity contribution in [1.29, 1.82) is 0 Å². The van der Waals surface area contributed by atoms with Crippen LogP contribution in [0.15, 0.2) is 77.9 Å². The number of rotatable bonds is 4. The summed E-state index contributed by atoms with van der Waals surface area (Å²) in [5.41, 5.74) is 3.25. The van der Waals surface area contributed by atoms with Crippen LogP contribution < -0.4 is 4.90 Å². The zero-order valence-electron chi connectivity index (χ0n) is 18.1. The van der Waals surface area contributed by atoms with Gasteiger partial charge in [-0.3, -0.25) is 4.79 Å². The molecule has 0 aromatic heterocycles. The summed E-state index contributed by atoms with van der Waals surface area (Å²) in [6.45, 7) is 5.01. The van der Waals surface area contributed by atoms with Gasteiger partial charge in [-0.1, -0.05) is 73.7 Å². The average molecular weight is 413 g/mol. The molecule has 1 N–H and O–H groups in total. The normalized spacial score (nSPS) is 23.7. The van der Waals surface area contributed by atoms with Gasteiger partial charge >= 0.3 is 0 Å². The minimum Gasteiger partial charge on any atom is -0.327 e. The highest BCUT2D eigenvalue weighted by Gasteiger charge is 2.35. The molecule has 3 aromatic rings. The molecule has 31 heavy (non-hydrogen) atoms. The predicted octanol–water partition coefficient (Wildman–Crippen LogP) is 3.83. The van der Waals surface area contributed by atoms with Gasteiger partial charge in [0.2, 0.25) is 0 Å². The molecular weight excluding hydrogens is 382 g/mol. The maximum absolute atomic E-state index is 13.4. The molecule has 4 heteroatoms. The molecule has 0 spiro atoms. The number of likely N-dealkylation sites (tertiary alicyclic amines) is 1. The molecule has 3 aromatic carbocycles. The van der Waals surface area contributed by atoms with E-state index >= 15 is 0 Å². The molecule has 0 radical (unpaired) electrons. The number of quaternary nitrogens is 1. The lowest BCUT2D eigenvalue weighted by Crippen LogP contribution is -3.14. The summed E-state index contributed by atoms with van der Waals surface area (Å²) in [5.74, 6) is 0.912. The number of hydrogen-bond donors (Lipinski definition) is 1. The Morgan fingerprint density at radius 2 is 1.68 bits per heavy atom. The number of carbonyl (C=O) groups excluding carboxylic acids is 1. The minimum atomic E-state index is -0.0294. The number of piperidine rings is 1. The third-order valence-electron chi connectivity index (χ3n) is 6.82. The van der Waals surface area contributed by atoms with Crippen LogP contribution in [0.3, 0.4) is 0 Å². The summed E-state index contributed by atoms with van der Waals surface area (Å²) in [6.07, 6.45) is 3.16. The topological polar surface area (TPSA) is 37.1 Å². The molecule has 2 aliphatic heterocycles. The van der Waals surface area contributed by atoms with Gasteiger partial charge in [0.15, 0.2) is 6.54 Å². The van der Waals surface area contributed by atoms with Crippen LogP contribution in [0.1, 0.15) is 43.4 Å². The number of benzene rings is 3. The molecule has 2 heterocycles. The van der Waals surface area contributed by atoms with Crippen LogP contribution in [0.2, 0.25) is 0 Å². The molecule has 0 saturated carbocycles. The van der Waals surface area contributed by atoms with E-state index in [-0.39, 0.29) is 11.9 Å². The second kappa shape index (κ2) is 8.64. The zero-order chi connectivity index (χ0) is 21.2. The van der Waals surface area contributed by atoms with Crippen LogP contribution in [0.4, 0.5) is 0 Å². The van der Waals surface area contributed by atoms with Gasteiger partial charge in [-0.2, -0.15) is 5.10 Å². The Hall–Kier alpha value is -2.98. The van der Waals surface area contributed by atoms with E-state index in [1.807, 2.05) is 18.2 Å². The standard InChI is InChI=1S/C27H29N3O/c1-20-13-15-29(16-14-20)19-27(31)30-26(22-8-3-2-4-9-22)18-25(28-30)24-12-11-21-7-5-6-10-23(21)17-24/h2-12,17,20,26H,13-16,18-19H2,1H3/p+1/t26-/m1/s1. The number of hydrogen-bond acceptors (Lipinski definition) is 2. The van der Waals surface area contributed by atoms with E-state index in [9.17, 15) is 4.79 Å². The lowest BCUT2D eigenvalue weighted by atomic mass is 9.97.